The van der Waals surface area contributed by atoms with Gasteiger partial charge in [0, 0.05) is 11.6 Å². The number of hydrogen-bond acceptors (Lipinski definition) is 3. The van der Waals surface area contributed by atoms with Crippen molar-refractivity contribution in [1.29, 1.82) is 0 Å². The summed E-state index contributed by atoms with van der Waals surface area (Å²) in [5, 5.41) is 16.3. The average Bonchev–Trinajstić information content (AvgIpc) is 2.90. The van der Waals surface area contributed by atoms with E-state index < -0.39 is 5.60 Å². The van der Waals surface area contributed by atoms with Crippen molar-refractivity contribution in [1.82, 2.24) is 5.32 Å². The highest BCUT2D eigenvalue weighted by Gasteiger charge is 2.33. The van der Waals surface area contributed by atoms with Crippen molar-refractivity contribution >= 4 is 29.1 Å². The van der Waals surface area contributed by atoms with Gasteiger partial charge in [-0.1, -0.05) is 31.4 Å². The van der Waals surface area contributed by atoms with Gasteiger partial charge in [0.15, 0.2) is 0 Å². The Morgan fingerprint density at radius 1 is 1.30 bits per heavy atom. The number of carbonyl (C=O) groups excluding carboxylic acids is 2. The minimum atomic E-state index is -0.923. The van der Waals surface area contributed by atoms with Crippen LogP contribution in [0.3, 0.4) is 0 Å². The highest BCUT2D eigenvalue weighted by atomic mass is 35.5. The van der Waals surface area contributed by atoms with Crippen molar-refractivity contribution in [3.05, 3.63) is 28.8 Å². The zero-order valence-electron chi connectivity index (χ0n) is 13.3. The van der Waals surface area contributed by atoms with Crippen LogP contribution in [0, 0.1) is 0 Å². The predicted octanol–water partition coefficient (Wildman–Crippen LogP) is 3.11. The van der Waals surface area contributed by atoms with E-state index in [-0.39, 0.29) is 18.2 Å². The molecule has 0 aromatic heterocycles. The lowest BCUT2D eigenvalue weighted by molar-refractivity contribution is -0.120. The van der Waals surface area contributed by atoms with Gasteiger partial charge in [-0.3, -0.25) is 9.59 Å². The molecule has 1 aliphatic carbocycles. The third kappa shape index (κ3) is 4.94. The Balaban J connectivity index is 2.09. The molecule has 2 amide bonds. The minimum absolute atomic E-state index is 0.0372. The van der Waals surface area contributed by atoms with E-state index in [9.17, 15) is 14.7 Å². The maximum atomic E-state index is 12.2. The second-order valence-corrected chi connectivity index (χ2v) is 6.54. The molecular weight excluding hydrogens is 316 g/mol. The Bertz CT molecular complexity index is 583. The molecule has 0 spiro atoms. The first-order chi connectivity index (χ1) is 10.9. The molecule has 126 valence electrons. The average molecular weight is 339 g/mol. The monoisotopic (exact) mass is 338 g/mol. The number of amides is 2. The number of hydrogen-bond donors (Lipinski definition) is 3. The fourth-order valence-corrected chi connectivity index (χ4v) is 3.03. The number of anilines is 1. The van der Waals surface area contributed by atoms with Gasteiger partial charge in [0.2, 0.25) is 5.91 Å². The molecule has 0 bridgehead atoms. The Hall–Kier alpha value is -1.59. The third-order valence-corrected chi connectivity index (χ3v) is 4.29. The van der Waals surface area contributed by atoms with E-state index in [0.717, 1.165) is 19.3 Å². The van der Waals surface area contributed by atoms with Gasteiger partial charge in [-0.2, -0.15) is 0 Å². The molecule has 3 N–H and O–H groups in total. The summed E-state index contributed by atoms with van der Waals surface area (Å²) < 4.78 is 0. The van der Waals surface area contributed by atoms with Gasteiger partial charge in [-0.25, -0.2) is 0 Å². The molecule has 1 aromatic carbocycles. The van der Waals surface area contributed by atoms with Crippen molar-refractivity contribution in [3.8, 4) is 0 Å². The lowest BCUT2D eigenvalue weighted by Gasteiger charge is -2.21. The van der Waals surface area contributed by atoms with E-state index in [2.05, 4.69) is 10.6 Å². The highest BCUT2D eigenvalue weighted by Crippen LogP contribution is 2.32. The molecule has 0 heterocycles. The number of aliphatic hydroxyl groups is 1. The lowest BCUT2D eigenvalue weighted by Crippen LogP contribution is -2.31. The molecule has 0 aliphatic heterocycles. The summed E-state index contributed by atoms with van der Waals surface area (Å²) in [5.41, 5.74) is -0.180. The van der Waals surface area contributed by atoms with E-state index in [1.165, 1.54) is 0 Å². The quantitative estimate of drug-likeness (QED) is 0.745. The summed E-state index contributed by atoms with van der Waals surface area (Å²) in [4.78, 5) is 24.4. The molecule has 5 nitrogen and oxygen atoms in total. The maximum Gasteiger partial charge on any atom is 0.253 e. The number of nitrogens with one attached hydrogen (secondary N) is 2. The van der Waals surface area contributed by atoms with Crippen LogP contribution in [0.4, 0.5) is 5.69 Å². The van der Waals surface area contributed by atoms with Crippen LogP contribution in [0.15, 0.2) is 18.2 Å². The predicted molar refractivity (Wildman–Crippen MR) is 90.7 cm³/mol. The first-order valence-electron chi connectivity index (χ1n) is 8.03. The van der Waals surface area contributed by atoms with Crippen LogP contribution in [-0.4, -0.2) is 29.1 Å². The standard InChI is InChI=1S/C17H23ClN2O3/c1-2-9-19-16(22)13-6-5-12(18)10-14(13)20-15(21)11-17(23)7-3-4-8-17/h5-6,10,23H,2-4,7-9,11H2,1H3,(H,19,22)(H,20,21). The maximum absolute atomic E-state index is 12.2. The smallest absolute Gasteiger partial charge is 0.253 e. The molecule has 0 radical (unpaired) electrons. The Morgan fingerprint density at radius 2 is 2.00 bits per heavy atom. The summed E-state index contributed by atoms with van der Waals surface area (Å²) in [6.45, 7) is 2.53. The summed E-state index contributed by atoms with van der Waals surface area (Å²) >= 11 is 5.97. The normalized spacial score (nSPS) is 16.1. The number of benzene rings is 1. The zero-order valence-corrected chi connectivity index (χ0v) is 14.1. The van der Waals surface area contributed by atoms with Gasteiger partial charge in [-0.05, 0) is 37.5 Å². The van der Waals surface area contributed by atoms with Crippen LogP contribution >= 0.6 is 11.6 Å². The third-order valence-electron chi connectivity index (χ3n) is 4.06. The molecule has 1 saturated carbocycles. The van der Waals surface area contributed by atoms with Gasteiger partial charge in [0.05, 0.1) is 23.3 Å². The van der Waals surface area contributed by atoms with Gasteiger partial charge >= 0.3 is 0 Å². The molecule has 1 aliphatic rings. The summed E-state index contributed by atoms with van der Waals surface area (Å²) in [7, 11) is 0. The fraction of sp³-hybridized carbons (Fsp3) is 0.529. The Morgan fingerprint density at radius 3 is 2.65 bits per heavy atom. The van der Waals surface area contributed by atoms with Crippen LogP contribution in [-0.2, 0) is 4.79 Å². The van der Waals surface area contributed by atoms with Crippen LogP contribution in [0.5, 0.6) is 0 Å². The fourth-order valence-electron chi connectivity index (χ4n) is 2.85. The molecule has 1 fully saturated rings. The highest BCUT2D eigenvalue weighted by molar-refractivity contribution is 6.31. The van der Waals surface area contributed by atoms with Crippen LogP contribution < -0.4 is 10.6 Å². The Labute approximate surface area is 141 Å². The van der Waals surface area contributed by atoms with Crippen molar-refractivity contribution in [3.63, 3.8) is 0 Å². The molecule has 6 heteroatoms. The second-order valence-electron chi connectivity index (χ2n) is 6.10. The molecule has 0 atom stereocenters. The minimum Gasteiger partial charge on any atom is -0.389 e. The zero-order chi connectivity index (χ0) is 16.9. The van der Waals surface area contributed by atoms with E-state index in [1.54, 1.807) is 18.2 Å². The van der Waals surface area contributed by atoms with Gasteiger partial charge in [-0.15, -0.1) is 0 Å². The van der Waals surface area contributed by atoms with Gasteiger partial charge in [0.25, 0.3) is 5.91 Å². The van der Waals surface area contributed by atoms with Crippen LogP contribution in [0.1, 0.15) is 55.8 Å². The molecule has 0 saturated heterocycles. The SMILES string of the molecule is CCCNC(=O)c1ccc(Cl)cc1NC(=O)CC1(O)CCCC1. The number of halogens is 1. The summed E-state index contributed by atoms with van der Waals surface area (Å²) in [5.74, 6) is -0.556. The first-order valence-corrected chi connectivity index (χ1v) is 8.41. The molecule has 23 heavy (non-hydrogen) atoms. The largest absolute Gasteiger partial charge is 0.389 e. The first kappa shape index (κ1) is 17.8. The van der Waals surface area contributed by atoms with E-state index >= 15 is 0 Å². The topological polar surface area (TPSA) is 78.4 Å². The molecular formula is C17H23ClN2O3. The lowest BCUT2D eigenvalue weighted by atomic mass is 9.97. The van der Waals surface area contributed by atoms with Gasteiger partial charge < -0.3 is 15.7 Å². The van der Waals surface area contributed by atoms with Crippen molar-refractivity contribution < 1.29 is 14.7 Å². The Kier molecular flexibility index (Phi) is 6.02. The number of carbonyl (C=O) groups is 2. The molecule has 2 rings (SSSR count). The molecule has 1 aromatic rings. The van der Waals surface area contributed by atoms with Crippen molar-refractivity contribution in [2.45, 2.75) is 51.0 Å². The van der Waals surface area contributed by atoms with E-state index in [1.807, 2.05) is 6.92 Å². The van der Waals surface area contributed by atoms with E-state index in [4.69, 9.17) is 11.6 Å². The van der Waals surface area contributed by atoms with Crippen LogP contribution in [0.25, 0.3) is 0 Å². The molecule has 0 unspecified atom stereocenters. The van der Waals surface area contributed by atoms with E-state index in [0.29, 0.717) is 35.7 Å². The summed E-state index contributed by atoms with van der Waals surface area (Å²) in [6.07, 6.45) is 4.01. The second kappa shape index (κ2) is 7.79. The summed E-state index contributed by atoms with van der Waals surface area (Å²) in [6, 6.07) is 4.76. The van der Waals surface area contributed by atoms with Crippen molar-refractivity contribution in [2.75, 3.05) is 11.9 Å². The van der Waals surface area contributed by atoms with Crippen molar-refractivity contribution in [2.24, 2.45) is 0 Å². The van der Waals surface area contributed by atoms with Gasteiger partial charge in [0.1, 0.15) is 0 Å². The number of rotatable bonds is 6. The van der Waals surface area contributed by atoms with Crippen LogP contribution in [0.2, 0.25) is 5.02 Å².